The number of halogens is 6. The third kappa shape index (κ3) is 4.53. The highest BCUT2D eigenvalue weighted by Gasteiger charge is 2.63. The molecule has 0 unspecified atom stereocenters. The van der Waals surface area contributed by atoms with Crippen LogP contribution in [-0.2, 0) is 13.1 Å². The summed E-state index contributed by atoms with van der Waals surface area (Å²) in [5.41, 5.74) is 1.58. The van der Waals surface area contributed by atoms with E-state index in [4.69, 9.17) is 35.4 Å². The van der Waals surface area contributed by atoms with Crippen LogP contribution in [0.4, 0.5) is 13.2 Å². The molecule has 0 amide bonds. The predicted octanol–water partition coefficient (Wildman–Crippen LogP) is 3.34. The molecule has 0 radical (unpaired) electrons. The van der Waals surface area contributed by atoms with E-state index in [-0.39, 0.29) is 39.7 Å². The van der Waals surface area contributed by atoms with Crippen LogP contribution in [0.1, 0.15) is 5.82 Å². The Hall–Kier alpha value is -0.810. The largest absolute Gasteiger partial charge is 1.00 e. The molecule has 0 aliphatic heterocycles. The molecule has 10 heteroatoms. The lowest BCUT2D eigenvalue weighted by Gasteiger charge is -2.21. The molecule has 0 saturated heterocycles. The minimum Gasteiger partial charge on any atom is -1.00 e. The Bertz CT molecular complexity index is 1040. The molecule has 2 nitrogen and oxygen atoms in total. The third-order valence-electron chi connectivity index (χ3n) is 4.40. The van der Waals surface area contributed by atoms with Crippen molar-refractivity contribution in [1.82, 2.24) is 4.57 Å². The highest BCUT2D eigenvalue weighted by molar-refractivity contribution is 8.23. The maximum absolute atomic E-state index is 15.3. The molecule has 3 aromatic rings. The fourth-order valence-corrected chi connectivity index (χ4v) is 3.94. The van der Waals surface area contributed by atoms with Gasteiger partial charge in [0.25, 0.3) is 0 Å². The Morgan fingerprint density at radius 3 is 1.87 bits per heavy atom. The van der Waals surface area contributed by atoms with E-state index in [1.54, 1.807) is 67.9 Å². The fraction of sp³-hybridized carbons (Fsp3) is 0.200. The summed E-state index contributed by atoms with van der Waals surface area (Å²) in [7, 11) is 1.60. The van der Waals surface area contributed by atoms with Gasteiger partial charge in [0.15, 0.2) is 15.6 Å². The lowest BCUT2D eigenvalue weighted by Crippen LogP contribution is -3.00. The summed E-state index contributed by atoms with van der Waals surface area (Å²) >= 11 is 17.1. The summed E-state index contributed by atoms with van der Waals surface area (Å²) in [4.78, 5) is 0. The average molecular weight is 603 g/mol. The molecule has 1 aromatic heterocycles. The van der Waals surface area contributed by atoms with Gasteiger partial charge in [-0.2, -0.15) is 17.7 Å². The van der Waals surface area contributed by atoms with Crippen molar-refractivity contribution in [3.63, 3.8) is 0 Å². The predicted molar refractivity (Wildman–Crippen MR) is 117 cm³/mol. The Labute approximate surface area is 209 Å². The second kappa shape index (κ2) is 9.77. The van der Waals surface area contributed by atoms with Gasteiger partial charge in [-0.25, -0.2) is 4.57 Å². The number of aromatic nitrogens is 2. The summed E-state index contributed by atoms with van der Waals surface area (Å²) in [5.74, 6) is -0.0708. The molecule has 0 N–H and O–H groups in total. The van der Waals surface area contributed by atoms with Crippen molar-refractivity contribution in [1.29, 1.82) is 0 Å². The van der Waals surface area contributed by atoms with E-state index in [1.807, 2.05) is 6.07 Å². The first-order valence-electron chi connectivity index (χ1n) is 8.40. The van der Waals surface area contributed by atoms with Gasteiger partial charge in [0.05, 0.1) is 7.05 Å². The van der Waals surface area contributed by atoms with E-state index in [0.29, 0.717) is 21.4 Å². The molecular weight excluding hydrogens is 587 g/mol. The Morgan fingerprint density at radius 1 is 0.967 bits per heavy atom. The zero-order chi connectivity index (χ0) is 21.4. The first-order valence-corrected chi connectivity index (χ1v) is 10.8. The summed E-state index contributed by atoms with van der Waals surface area (Å²) < 4.78 is 43.3. The van der Waals surface area contributed by atoms with Gasteiger partial charge in [0.1, 0.15) is 0 Å². The number of thiocarbonyl (C=S) groups is 1. The molecule has 0 aliphatic rings. The molecule has 1 heterocycles. The maximum Gasteiger partial charge on any atom is 0.462 e. The normalized spacial score (nSPS) is 11.8. The SMILES string of the molecule is CSC(=S)c1n(C(F)(F)C(F)(Cl)Cl)c(-c2ccccc2)c(-c2ccccc2)[n+]1C.[I-]. The van der Waals surface area contributed by atoms with E-state index in [0.717, 1.165) is 11.8 Å². The lowest BCUT2D eigenvalue weighted by molar-refractivity contribution is -0.661. The van der Waals surface area contributed by atoms with Gasteiger partial charge in [-0.15, -0.1) is 11.8 Å². The highest BCUT2D eigenvalue weighted by atomic mass is 127. The van der Waals surface area contributed by atoms with E-state index < -0.39 is 10.6 Å². The van der Waals surface area contributed by atoms with Crippen molar-refractivity contribution in [3.05, 3.63) is 66.5 Å². The monoisotopic (exact) mass is 602 g/mol. The number of thioether (sulfide) groups is 1. The zero-order valence-corrected chi connectivity index (χ0v) is 21.1. The molecular formula is C20H16Cl2F3IN2S2. The Kier molecular flexibility index (Phi) is 8.29. The minimum atomic E-state index is -4.30. The van der Waals surface area contributed by atoms with Crippen LogP contribution in [0.15, 0.2) is 60.7 Å². The van der Waals surface area contributed by atoms with E-state index in [9.17, 15) is 4.39 Å². The molecule has 160 valence electrons. The van der Waals surface area contributed by atoms with Gasteiger partial charge in [0.2, 0.25) is 0 Å². The number of nitrogens with zero attached hydrogens (tertiary/aromatic N) is 2. The van der Waals surface area contributed by atoms with Crippen molar-refractivity contribution in [3.8, 4) is 22.5 Å². The molecule has 0 bridgehead atoms. The summed E-state index contributed by atoms with van der Waals surface area (Å²) in [6, 6.07) is 13.1. The van der Waals surface area contributed by atoms with Gasteiger partial charge < -0.3 is 24.0 Å². The quantitative estimate of drug-likeness (QED) is 0.192. The van der Waals surface area contributed by atoms with Gasteiger partial charge in [0, 0.05) is 11.1 Å². The van der Waals surface area contributed by atoms with Crippen LogP contribution in [-0.4, -0.2) is 19.6 Å². The van der Waals surface area contributed by atoms with Crippen LogP contribution < -0.4 is 28.5 Å². The molecule has 0 saturated carbocycles. The van der Waals surface area contributed by atoms with Crippen molar-refractivity contribution >= 4 is 51.4 Å². The van der Waals surface area contributed by atoms with Crippen molar-refractivity contribution in [2.75, 3.05) is 6.26 Å². The Morgan fingerprint density at radius 2 is 1.43 bits per heavy atom. The van der Waals surface area contributed by atoms with Crippen molar-refractivity contribution in [2.24, 2.45) is 7.05 Å². The number of benzene rings is 2. The molecule has 0 fully saturated rings. The second-order valence-electron chi connectivity index (χ2n) is 6.18. The average Bonchev–Trinajstić information content (AvgIpc) is 3.01. The molecule has 0 aliphatic carbocycles. The minimum absolute atomic E-state index is 0. The van der Waals surface area contributed by atoms with Crippen LogP contribution in [0.5, 0.6) is 0 Å². The van der Waals surface area contributed by atoms with Crippen LogP contribution >= 0.6 is 47.2 Å². The van der Waals surface area contributed by atoms with Crippen molar-refractivity contribution < 1.29 is 41.7 Å². The number of alkyl halides is 5. The first kappa shape index (κ1) is 25.5. The van der Waals surface area contributed by atoms with Crippen molar-refractivity contribution in [2.45, 2.75) is 10.6 Å². The molecule has 0 atom stereocenters. The molecule has 3 rings (SSSR count). The van der Waals surface area contributed by atoms with Crippen LogP contribution in [0.25, 0.3) is 22.5 Å². The van der Waals surface area contributed by atoms with Gasteiger partial charge in [-0.3, -0.25) is 0 Å². The van der Waals surface area contributed by atoms with Crippen LogP contribution in [0.3, 0.4) is 0 Å². The number of rotatable bonds is 5. The fourth-order valence-electron chi connectivity index (χ4n) is 3.13. The van der Waals surface area contributed by atoms with E-state index in [2.05, 4.69) is 0 Å². The summed E-state index contributed by atoms with van der Waals surface area (Å²) in [6.07, 6.45) is 1.66. The van der Waals surface area contributed by atoms with Gasteiger partial charge >= 0.3 is 16.5 Å². The molecule has 2 aromatic carbocycles. The summed E-state index contributed by atoms with van der Waals surface area (Å²) in [5, 5.41) is 0. The van der Waals surface area contributed by atoms with E-state index >= 15 is 8.78 Å². The summed E-state index contributed by atoms with van der Waals surface area (Å²) in [6.45, 7) is 0. The number of hydrogen-bond donors (Lipinski definition) is 0. The zero-order valence-electron chi connectivity index (χ0n) is 15.8. The second-order valence-corrected chi connectivity index (χ2v) is 8.90. The lowest BCUT2D eigenvalue weighted by atomic mass is 10.0. The first-order chi connectivity index (χ1) is 13.6. The standard InChI is InChI=1S/C20H16Cl2F3N2S2.HI/c1-26-15(13-9-5-3-6-10-13)16(14-11-7-4-8-12-14)27(17(26)18(28)29-2)20(24,25)19(21,22)23;/h3-12H,1-2H3;1H/q+1;/p-1. The van der Waals surface area contributed by atoms with E-state index in [1.165, 1.54) is 4.57 Å². The highest BCUT2D eigenvalue weighted by Crippen LogP contribution is 2.48. The topological polar surface area (TPSA) is 8.81 Å². The molecule has 30 heavy (non-hydrogen) atoms. The Balaban J connectivity index is 0.00000320. The maximum atomic E-state index is 15.3. The van der Waals surface area contributed by atoms with Gasteiger partial charge in [-0.05, 0) is 6.26 Å². The van der Waals surface area contributed by atoms with Gasteiger partial charge in [-0.1, -0.05) is 96.1 Å². The van der Waals surface area contributed by atoms with Crippen LogP contribution in [0, 0.1) is 0 Å². The third-order valence-corrected chi connectivity index (χ3v) is 6.09. The molecule has 0 spiro atoms. The smallest absolute Gasteiger partial charge is 0.462 e. The van der Waals surface area contributed by atoms with Crippen LogP contribution in [0.2, 0.25) is 0 Å². The number of hydrogen-bond acceptors (Lipinski definition) is 2. The number of imidazole rings is 1.